The molecule has 3 N–H and O–H groups in total. The lowest BCUT2D eigenvalue weighted by molar-refractivity contribution is -0.131. The van der Waals surface area contributed by atoms with Crippen molar-refractivity contribution in [3.05, 3.63) is 30.1 Å². The number of H-pyrrole nitrogens is 1. The minimum Gasteiger partial charge on any atom is -0.465 e. The number of fused-ring (bicyclic) bond motifs is 1. The first-order valence-corrected chi connectivity index (χ1v) is 6.86. The number of likely N-dealkylation sites (tertiary alicyclic amines) is 1. The van der Waals surface area contributed by atoms with Crippen molar-refractivity contribution in [1.29, 1.82) is 0 Å². The molecular weight excluding hydrogens is 272 g/mol. The standard InChI is InChI=1S/C14H16N4O3/c19-12(8-15-14(20)21)18-7-3-6-11(18)13-16-9-4-1-2-5-10(9)17-13/h1-2,4-5,11,15H,3,6-8H2,(H,16,17)(H,20,21)/t11-/m0/s1. The first kappa shape index (κ1) is 13.4. The Morgan fingerprint density at radius 1 is 1.43 bits per heavy atom. The molecule has 1 aliphatic rings. The maximum atomic E-state index is 12.1. The van der Waals surface area contributed by atoms with E-state index in [0.717, 1.165) is 29.7 Å². The SMILES string of the molecule is O=C(O)NCC(=O)N1CCC[C@H]1c1nc2ccccc2[nH]1. The highest BCUT2D eigenvalue weighted by molar-refractivity contribution is 5.82. The van der Waals surface area contributed by atoms with Crippen LogP contribution in [-0.4, -0.2) is 45.1 Å². The van der Waals surface area contributed by atoms with E-state index < -0.39 is 6.09 Å². The first-order chi connectivity index (χ1) is 10.1. The van der Waals surface area contributed by atoms with Crippen LogP contribution in [0.3, 0.4) is 0 Å². The Balaban J connectivity index is 1.79. The third-order valence-corrected chi connectivity index (χ3v) is 3.69. The number of benzene rings is 1. The Bertz CT molecular complexity index is 649. The van der Waals surface area contributed by atoms with Crippen LogP contribution < -0.4 is 5.32 Å². The van der Waals surface area contributed by atoms with Gasteiger partial charge < -0.3 is 20.3 Å². The largest absolute Gasteiger partial charge is 0.465 e. The molecule has 0 radical (unpaired) electrons. The summed E-state index contributed by atoms with van der Waals surface area (Å²) in [5, 5.41) is 10.7. The van der Waals surface area contributed by atoms with E-state index in [4.69, 9.17) is 5.11 Å². The van der Waals surface area contributed by atoms with Crippen LogP contribution in [-0.2, 0) is 4.79 Å². The summed E-state index contributed by atoms with van der Waals surface area (Å²) in [6.07, 6.45) is 0.530. The van der Waals surface area contributed by atoms with Crippen molar-refractivity contribution in [1.82, 2.24) is 20.2 Å². The number of carbonyl (C=O) groups excluding carboxylic acids is 1. The number of carboxylic acid groups (broad SMARTS) is 1. The topological polar surface area (TPSA) is 98.3 Å². The molecule has 1 fully saturated rings. The molecule has 2 amide bonds. The molecule has 1 saturated heterocycles. The molecule has 3 rings (SSSR count). The number of imidazole rings is 1. The molecule has 110 valence electrons. The van der Waals surface area contributed by atoms with Gasteiger partial charge in [-0.15, -0.1) is 0 Å². The second-order valence-electron chi connectivity index (χ2n) is 5.04. The van der Waals surface area contributed by atoms with Gasteiger partial charge in [0.05, 0.1) is 17.1 Å². The Labute approximate surface area is 121 Å². The number of hydrogen-bond donors (Lipinski definition) is 3. The highest BCUT2D eigenvalue weighted by Gasteiger charge is 2.31. The number of carbonyl (C=O) groups is 2. The molecule has 0 spiro atoms. The average molecular weight is 288 g/mol. The lowest BCUT2D eigenvalue weighted by atomic mass is 10.2. The summed E-state index contributed by atoms with van der Waals surface area (Å²) in [5.74, 6) is 0.540. The molecule has 0 aliphatic carbocycles. The molecule has 2 heterocycles. The summed E-state index contributed by atoms with van der Waals surface area (Å²) in [4.78, 5) is 32.1. The van der Waals surface area contributed by atoms with E-state index in [0.29, 0.717) is 6.54 Å². The third kappa shape index (κ3) is 2.67. The molecule has 1 atom stereocenters. The highest BCUT2D eigenvalue weighted by Crippen LogP contribution is 2.31. The van der Waals surface area contributed by atoms with E-state index in [1.165, 1.54) is 0 Å². The Morgan fingerprint density at radius 3 is 3.00 bits per heavy atom. The van der Waals surface area contributed by atoms with E-state index in [9.17, 15) is 9.59 Å². The highest BCUT2D eigenvalue weighted by atomic mass is 16.4. The fourth-order valence-electron chi connectivity index (χ4n) is 2.73. The fourth-order valence-corrected chi connectivity index (χ4v) is 2.73. The summed E-state index contributed by atoms with van der Waals surface area (Å²) in [6, 6.07) is 7.60. The van der Waals surface area contributed by atoms with Gasteiger partial charge >= 0.3 is 6.09 Å². The summed E-state index contributed by atoms with van der Waals surface area (Å²) in [6.45, 7) is 0.425. The fraction of sp³-hybridized carbons (Fsp3) is 0.357. The predicted molar refractivity (Wildman–Crippen MR) is 75.8 cm³/mol. The number of amides is 2. The van der Waals surface area contributed by atoms with Crippen molar-refractivity contribution in [2.24, 2.45) is 0 Å². The van der Waals surface area contributed by atoms with E-state index >= 15 is 0 Å². The lowest BCUT2D eigenvalue weighted by Crippen LogP contribution is -2.39. The van der Waals surface area contributed by atoms with E-state index in [-0.39, 0.29) is 18.5 Å². The molecular formula is C14H16N4O3. The molecule has 7 nitrogen and oxygen atoms in total. The number of aromatic amines is 1. The number of nitrogens with one attached hydrogen (secondary N) is 2. The quantitative estimate of drug-likeness (QED) is 0.797. The number of aromatic nitrogens is 2. The zero-order valence-corrected chi connectivity index (χ0v) is 11.4. The van der Waals surface area contributed by atoms with Gasteiger partial charge in [0, 0.05) is 6.54 Å². The van der Waals surface area contributed by atoms with Crippen LogP contribution in [0.5, 0.6) is 0 Å². The van der Waals surface area contributed by atoms with Crippen molar-refractivity contribution < 1.29 is 14.7 Å². The monoisotopic (exact) mass is 288 g/mol. The van der Waals surface area contributed by atoms with Crippen LogP contribution in [0, 0.1) is 0 Å². The zero-order chi connectivity index (χ0) is 14.8. The number of hydrogen-bond acceptors (Lipinski definition) is 3. The molecule has 1 aromatic carbocycles. The molecule has 1 aromatic heterocycles. The molecule has 7 heteroatoms. The lowest BCUT2D eigenvalue weighted by Gasteiger charge is -2.23. The van der Waals surface area contributed by atoms with Gasteiger partial charge in [-0.1, -0.05) is 12.1 Å². The smallest absolute Gasteiger partial charge is 0.405 e. The van der Waals surface area contributed by atoms with E-state index in [2.05, 4.69) is 15.3 Å². The van der Waals surface area contributed by atoms with Gasteiger partial charge in [-0.25, -0.2) is 9.78 Å². The maximum Gasteiger partial charge on any atom is 0.405 e. The average Bonchev–Trinajstić information content (AvgIpc) is 3.10. The van der Waals surface area contributed by atoms with Crippen molar-refractivity contribution in [2.45, 2.75) is 18.9 Å². The van der Waals surface area contributed by atoms with Gasteiger partial charge in [0.15, 0.2) is 0 Å². The van der Waals surface area contributed by atoms with Crippen LogP contribution in [0.2, 0.25) is 0 Å². The predicted octanol–water partition coefficient (Wildman–Crippen LogP) is 1.49. The Hall–Kier alpha value is -2.57. The van der Waals surface area contributed by atoms with Crippen LogP contribution in [0.4, 0.5) is 4.79 Å². The number of para-hydroxylation sites is 2. The normalized spacial score (nSPS) is 18.1. The Kier molecular flexibility index (Phi) is 3.47. The van der Waals surface area contributed by atoms with Gasteiger partial charge in [0.25, 0.3) is 0 Å². The Morgan fingerprint density at radius 2 is 2.24 bits per heavy atom. The van der Waals surface area contributed by atoms with Crippen molar-refractivity contribution in [2.75, 3.05) is 13.1 Å². The molecule has 0 unspecified atom stereocenters. The number of nitrogens with zero attached hydrogens (tertiary/aromatic N) is 2. The van der Waals surface area contributed by atoms with Gasteiger partial charge in [0.2, 0.25) is 5.91 Å². The summed E-state index contributed by atoms with van der Waals surface area (Å²) in [5.41, 5.74) is 1.81. The minimum atomic E-state index is -1.19. The second-order valence-corrected chi connectivity index (χ2v) is 5.04. The van der Waals surface area contributed by atoms with Crippen LogP contribution in [0.25, 0.3) is 11.0 Å². The van der Waals surface area contributed by atoms with Gasteiger partial charge in [-0.3, -0.25) is 4.79 Å². The second kappa shape index (κ2) is 5.43. The number of rotatable bonds is 3. The minimum absolute atomic E-state index is 0.111. The van der Waals surface area contributed by atoms with Crippen LogP contribution in [0.1, 0.15) is 24.7 Å². The summed E-state index contributed by atoms with van der Waals surface area (Å²) >= 11 is 0. The van der Waals surface area contributed by atoms with Gasteiger partial charge in [-0.05, 0) is 25.0 Å². The van der Waals surface area contributed by atoms with Crippen molar-refractivity contribution >= 4 is 23.0 Å². The van der Waals surface area contributed by atoms with Crippen LogP contribution >= 0.6 is 0 Å². The maximum absolute atomic E-state index is 12.1. The van der Waals surface area contributed by atoms with Gasteiger partial charge in [0.1, 0.15) is 12.4 Å². The van der Waals surface area contributed by atoms with Gasteiger partial charge in [-0.2, -0.15) is 0 Å². The molecule has 0 saturated carbocycles. The molecule has 2 aromatic rings. The van der Waals surface area contributed by atoms with Crippen LogP contribution in [0.15, 0.2) is 24.3 Å². The van der Waals surface area contributed by atoms with Crippen molar-refractivity contribution in [3.8, 4) is 0 Å². The van der Waals surface area contributed by atoms with Crippen molar-refractivity contribution in [3.63, 3.8) is 0 Å². The summed E-state index contributed by atoms with van der Waals surface area (Å²) in [7, 11) is 0. The van der Waals surface area contributed by atoms with E-state index in [1.54, 1.807) is 4.90 Å². The first-order valence-electron chi connectivity index (χ1n) is 6.86. The third-order valence-electron chi connectivity index (χ3n) is 3.69. The van der Waals surface area contributed by atoms with E-state index in [1.807, 2.05) is 24.3 Å². The molecule has 1 aliphatic heterocycles. The molecule has 21 heavy (non-hydrogen) atoms. The molecule has 0 bridgehead atoms. The summed E-state index contributed by atoms with van der Waals surface area (Å²) < 4.78 is 0. The zero-order valence-electron chi connectivity index (χ0n) is 11.4.